The molecule has 0 fully saturated rings. The normalized spacial score (nSPS) is 9.65. The minimum atomic E-state index is 0.437. The lowest BCUT2D eigenvalue weighted by atomic mass is 10.3. The summed E-state index contributed by atoms with van der Waals surface area (Å²) >= 11 is 1.44. The predicted molar refractivity (Wildman–Crippen MR) is 68.3 cm³/mol. The van der Waals surface area contributed by atoms with Gasteiger partial charge >= 0.3 is 0 Å². The molecule has 17 heavy (non-hydrogen) atoms. The second-order valence-corrected chi connectivity index (χ2v) is 4.00. The molecule has 0 amide bonds. The zero-order valence-electron chi connectivity index (χ0n) is 9.21. The van der Waals surface area contributed by atoms with Crippen LogP contribution in [0.2, 0.25) is 0 Å². The first-order chi connectivity index (χ1) is 8.33. The molecule has 84 valence electrons. The quantitative estimate of drug-likeness (QED) is 0.662. The van der Waals surface area contributed by atoms with Gasteiger partial charge in [0, 0.05) is 5.69 Å². The molecule has 0 saturated heterocycles. The first kappa shape index (κ1) is 11.4. The fraction of sp³-hybridized carbons (Fsp3) is 0.0833. The summed E-state index contributed by atoms with van der Waals surface area (Å²) in [5.74, 6) is 0.540. The van der Waals surface area contributed by atoms with Gasteiger partial charge in [-0.3, -0.25) is 0 Å². The number of aromatic nitrogens is 2. The van der Waals surface area contributed by atoms with E-state index in [0.717, 1.165) is 5.69 Å². The standard InChI is InChI=1S/C12H10N4S/c1-17-12-14-8-9(7-13)11(16-12)15-10-5-3-2-4-6-10/h2-6,8H,1H3,(H,14,15,16). The largest absolute Gasteiger partial charge is 0.339 e. The van der Waals surface area contributed by atoms with E-state index >= 15 is 0 Å². The zero-order valence-corrected chi connectivity index (χ0v) is 10.0. The van der Waals surface area contributed by atoms with Crippen molar-refractivity contribution in [2.24, 2.45) is 0 Å². The molecular weight excluding hydrogens is 232 g/mol. The molecule has 0 aliphatic carbocycles. The number of anilines is 2. The van der Waals surface area contributed by atoms with E-state index in [1.54, 1.807) is 0 Å². The molecule has 0 bridgehead atoms. The number of thioether (sulfide) groups is 1. The van der Waals surface area contributed by atoms with E-state index in [1.165, 1.54) is 18.0 Å². The summed E-state index contributed by atoms with van der Waals surface area (Å²) in [6.45, 7) is 0. The molecule has 1 aromatic heterocycles. The number of benzene rings is 1. The average molecular weight is 242 g/mol. The smallest absolute Gasteiger partial charge is 0.189 e. The lowest BCUT2D eigenvalue weighted by molar-refractivity contribution is 0.969. The molecule has 1 aromatic carbocycles. The number of hydrogen-bond acceptors (Lipinski definition) is 5. The van der Waals surface area contributed by atoms with Crippen molar-refractivity contribution in [2.45, 2.75) is 5.16 Å². The van der Waals surface area contributed by atoms with Gasteiger partial charge in [0.25, 0.3) is 0 Å². The van der Waals surface area contributed by atoms with Gasteiger partial charge in [-0.15, -0.1) is 0 Å². The highest BCUT2D eigenvalue weighted by molar-refractivity contribution is 7.98. The van der Waals surface area contributed by atoms with Gasteiger partial charge in [0.05, 0.1) is 6.20 Å². The molecule has 0 aliphatic rings. The van der Waals surface area contributed by atoms with Gasteiger partial charge in [-0.2, -0.15) is 5.26 Å². The van der Waals surface area contributed by atoms with Crippen LogP contribution in [0.25, 0.3) is 0 Å². The first-order valence-corrected chi connectivity index (χ1v) is 6.19. The molecule has 0 unspecified atom stereocenters. The van der Waals surface area contributed by atoms with Crippen molar-refractivity contribution < 1.29 is 0 Å². The Morgan fingerprint density at radius 2 is 2.06 bits per heavy atom. The molecule has 5 heteroatoms. The van der Waals surface area contributed by atoms with Crippen LogP contribution in [-0.2, 0) is 0 Å². The Labute approximate surface area is 104 Å². The van der Waals surface area contributed by atoms with Crippen molar-refractivity contribution >= 4 is 23.3 Å². The van der Waals surface area contributed by atoms with E-state index in [1.807, 2.05) is 36.6 Å². The van der Waals surface area contributed by atoms with Crippen molar-refractivity contribution in [2.75, 3.05) is 11.6 Å². The van der Waals surface area contributed by atoms with Gasteiger partial charge in [-0.25, -0.2) is 9.97 Å². The maximum Gasteiger partial charge on any atom is 0.189 e. The summed E-state index contributed by atoms with van der Waals surface area (Å²) in [7, 11) is 0. The second kappa shape index (κ2) is 5.32. The van der Waals surface area contributed by atoms with Crippen LogP contribution < -0.4 is 5.32 Å². The van der Waals surface area contributed by atoms with Crippen molar-refractivity contribution in [3.63, 3.8) is 0 Å². The minimum absolute atomic E-state index is 0.437. The highest BCUT2D eigenvalue weighted by Crippen LogP contribution is 2.19. The summed E-state index contributed by atoms with van der Waals surface area (Å²) in [5.41, 5.74) is 1.33. The van der Waals surface area contributed by atoms with Crippen LogP contribution in [-0.4, -0.2) is 16.2 Å². The fourth-order valence-corrected chi connectivity index (χ4v) is 1.64. The summed E-state index contributed by atoms with van der Waals surface area (Å²) < 4.78 is 0. The number of nitriles is 1. The van der Waals surface area contributed by atoms with Crippen molar-refractivity contribution in [1.82, 2.24) is 9.97 Å². The SMILES string of the molecule is CSc1ncc(C#N)c(Nc2ccccc2)n1. The molecule has 1 heterocycles. The Balaban J connectivity index is 2.34. The third kappa shape index (κ3) is 2.74. The van der Waals surface area contributed by atoms with E-state index in [-0.39, 0.29) is 0 Å². The molecule has 2 aromatic rings. The average Bonchev–Trinajstić information content (AvgIpc) is 2.40. The summed E-state index contributed by atoms with van der Waals surface area (Å²) in [6, 6.07) is 11.7. The van der Waals surface area contributed by atoms with Crippen LogP contribution in [0.1, 0.15) is 5.56 Å². The summed E-state index contributed by atoms with van der Waals surface area (Å²) in [4.78, 5) is 8.34. The Morgan fingerprint density at radius 1 is 1.29 bits per heavy atom. The number of nitrogens with one attached hydrogen (secondary N) is 1. The van der Waals surface area contributed by atoms with Crippen molar-refractivity contribution in [1.29, 1.82) is 5.26 Å². The van der Waals surface area contributed by atoms with Crippen LogP contribution in [0, 0.1) is 11.3 Å². The Kier molecular flexibility index (Phi) is 3.58. The maximum atomic E-state index is 8.98. The third-order valence-electron chi connectivity index (χ3n) is 2.11. The van der Waals surface area contributed by atoms with Crippen LogP contribution in [0.4, 0.5) is 11.5 Å². The topological polar surface area (TPSA) is 61.6 Å². The van der Waals surface area contributed by atoms with Crippen LogP contribution in [0.15, 0.2) is 41.7 Å². The zero-order chi connectivity index (χ0) is 12.1. The van der Waals surface area contributed by atoms with Gasteiger partial charge < -0.3 is 5.32 Å². The van der Waals surface area contributed by atoms with Gasteiger partial charge in [0.15, 0.2) is 11.0 Å². The summed E-state index contributed by atoms with van der Waals surface area (Å²) in [6.07, 6.45) is 3.43. The number of nitrogens with zero attached hydrogens (tertiary/aromatic N) is 3. The molecule has 0 spiro atoms. The Morgan fingerprint density at radius 3 is 2.71 bits per heavy atom. The highest BCUT2D eigenvalue weighted by atomic mass is 32.2. The lowest BCUT2D eigenvalue weighted by Crippen LogP contribution is -1.99. The number of para-hydroxylation sites is 1. The van der Waals surface area contributed by atoms with E-state index < -0.39 is 0 Å². The fourth-order valence-electron chi connectivity index (χ4n) is 1.30. The Hall–Kier alpha value is -2.06. The van der Waals surface area contributed by atoms with Crippen LogP contribution in [0.5, 0.6) is 0 Å². The van der Waals surface area contributed by atoms with Gasteiger partial charge in [-0.05, 0) is 18.4 Å². The van der Waals surface area contributed by atoms with Gasteiger partial charge in [-0.1, -0.05) is 30.0 Å². The monoisotopic (exact) mass is 242 g/mol. The molecular formula is C12H10N4S. The molecule has 1 N–H and O–H groups in total. The number of rotatable bonds is 3. The van der Waals surface area contributed by atoms with Crippen LogP contribution in [0.3, 0.4) is 0 Å². The third-order valence-corrected chi connectivity index (χ3v) is 2.67. The Bertz CT molecular complexity index is 548. The maximum absolute atomic E-state index is 8.98. The lowest BCUT2D eigenvalue weighted by Gasteiger charge is -2.07. The molecule has 2 rings (SSSR count). The van der Waals surface area contributed by atoms with Crippen LogP contribution >= 0.6 is 11.8 Å². The molecule has 0 radical (unpaired) electrons. The highest BCUT2D eigenvalue weighted by Gasteiger charge is 2.06. The molecule has 0 aliphatic heterocycles. The minimum Gasteiger partial charge on any atom is -0.339 e. The van der Waals surface area contributed by atoms with Crippen molar-refractivity contribution in [3.8, 4) is 6.07 Å². The van der Waals surface area contributed by atoms with E-state index in [9.17, 15) is 0 Å². The molecule has 0 saturated carbocycles. The van der Waals surface area contributed by atoms with Gasteiger partial charge in [0.2, 0.25) is 0 Å². The van der Waals surface area contributed by atoms with E-state index in [2.05, 4.69) is 21.4 Å². The number of hydrogen-bond donors (Lipinski definition) is 1. The first-order valence-electron chi connectivity index (χ1n) is 4.96. The van der Waals surface area contributed by atoms with Crippen molar-refractivity contribution in [3.05, 3.63) is 42.1 Å². The van der Waals surface area contributed by atoms with E-state index in [4.69, 9.17) is 5.26 Å². The van der Waals surface area contributed by atoms with E-state index in [0.29, 0.717) is 16.5 Å². The van der Waals surface area contributed by atoms with Gasteiger partial charge in [0.1, 0.15) is 11.6 Å². The molecule has 0 atom stereocenters. The predicted octanol–water partition coefficient (Wildman–Crippen LogP) is 2.81. The summed E-state index contributed by atoms with van der Waals surface area (Å²) in [5, 5.41) is 12.7. The second-order valence-electron chi connectivity index (χ2n) is 3.22. The molecule has 4 nitrogen and oxygen atoms in total.